The van der Waals surface area contributed by atoms with E-state index < -0.39 is 0 Å². The van der Waals surface area contributed by atoms with Crippen molar-refractivity contribution < 1.29 is 9.53 Å². The molecule has 1 aromatic rings. The van der Waals surface area contributed by atoms with E-state index in [0.29, 0.717) is 13.1 Å². The minimum atomic E-state index is 0.114. The SMILES string of the molecule is CN1CCN(C(=O)N2CC(Oc3ccc(Br)cc3)C2)CC1. The Morgan fingerprint density at radius 3 is 2.33 bits per heavy atom. The van der Waals surface area contributed by atoms with Crippen molar-refractivity contribution in [1.82, 2.24) is 14.7 Å². The molecule has 0 unspecified atom stereocenters. The molecule has 0 atom stereocenters. The van der Waals surface area contributed by atoms with Crippen molar-refractivity contribution in [3.05, 3.63) is 28.7 Å². The Hall–Kier alpha value is -1.27. The third kappa shape index (κ3) is 3.49. The van der Waals surface area contributed by atoms with Gasteiger partial charge in [0.2, 0.25) is 0 Å². The van der Waals surface area contributed by atoms with Crippen molar-refractivity contribution >= 4 is 22.0 Å². The number of halogens is 1. The van der Waals surface area contributed by atoms with Crippen LogP contribution in [0.3, 0.4) is 0 Å². The van der Waals surface area contributed by atoms with Crippen LogP contribution >= 0.6 is 15.9 Å². The Morgan fingerprint density at radius 2 is 1.71 bits per heavy atom. The fourth-order valence-corrected chi connectivity index (χ4v) is 2.84. The summed E-state index contributed by atoms with van der Waals surface area (Å²) in [7, 11) is 2.09. The van der Waals surface area contributed by atoms with Gasteiger partial charge >= 0.3 is 6.03 Å². The summed E-state index contributed by atoms with van der Waals surface area (Å²) < 4.78 is 6.89. The number of carbonyl (C=O) groups is 1. The van der Waals surface area contributed by atoms with E-state index >= 15 is 0 Å². The summed E-state index contributed by atoms with van der Waals surface area (Å²) >= 11 is 3.40. The number of likely N-dealkylation sites (N-methyl/N-ethyl adjacent to an activating group) is 1. The molecule has 0 radical (unpaired) electrons. The van der Waals surface area contributed by atoms with E-state index in [2.05, 4.69) is 27.9 Å². The molecular weight excluding hydrogens is 334 g/mol. The van der Waals surface area contributed by atoms with Crippen LogP contribution in [-0.2, 0) is 0 Å². The highest BCUT2D eigenvalue weighted by Gasteiger charge is 2.35. The second-order valence-electron chi connectivity index (χ2n) is 5.67. The summed E-state index contributed by atoms with van der Waals surface area (Å²) in [4.78, 5) is 18.4. The number of ether oxygens (including phenoxy) is 1. The minimum absolute atomic E-state index is 0.114. The molecule has 2 aliphatic heterocycles. The zero-order chi connectivity index (χ0) is 14.8. The first-order valence-corrected chi connectivity index (χ1v) is 8.06. The van der Waals surface area contributed by atoms with Crippen LogP contribution in [0.5, 0.6) is 5.75 Å². The largest absolute Gasteiger partial charge is 0.487 e. The first kappa shape index (κ1) is 14.7. The van der Waals surface area contributed by atoms with Crippen LogP contribution in [0.15, 0.2) is 28.7 Å². The number of carbonyl (C=O) groups excluding carboxylic acids is 1. The predicted molar refractivity (Wildman–Crippen MR) is 84.6 cm³/mol. The highest BCUT2D eigenvalue weighted by molar-refractivity contribution is 9.10. The van der Waals surface area contributed by atoms with E-state index in [1.165, 1.54) is 0 Å². The Morgan fingerprint density at radius 1 is 1.10 bits per heavy atom. The molecule has 0 aromatic heterocycles. The molecule has 2 fully saturated rings. The van der Waals surface area contributed by atoms with Gasteiger partial charge in [0.25, 0.3) is 0 Å². The van der Waals surface area contributed by atoms with Gasteiger partial charge in [0.15, 0.2) is 0 Å². The highest BCUT2D eigenvalue weighted by Crippen LogP contribution is 2.21. The molecule has 0 spiro atoms. The summed E-state index contributed by atoms with van der Waals surface area (Å²) in [6.07, 6.45) is 0.114. The van der Waals surface area contributed by atoms with Crippen LogP contribution in [0.1, 0.15) is 0 Å². The number of hydrogen-bond acceptors (Lipinski definition) is 3. The molecule has 0 N–H and O–H groups in total. The van der Waals surface area contributed by atoms with Gasteiger partial charge in [0.05, 0.1) is 13.1 Å². The molecule has 1 aromatic carbocycles. The lowest BCUT2D eigenvalue weighted by molar-refractivity contribution is 0.0257. The predicted octanol–water partition coefficient (Wildman–Crippen LogP) is 1.88. The summed E-state index contributed by atoms with van der Waals surface area (Å²) in [6, 6.07) is 7.95. The normalized spacial score (nSPS) is 20.3. The number of nitrogens with zero attached hydrogens (tertiary/aromatic N) is 3. The van der Waals surface area contributed by atoms with Crippen LogP contribution < -0.4 is 4.74 Å². The molecule has 0 aliphatic carbocycles. The highest BCUT2D eigenvalue weighted by atomic mass is 79.9. The van der Waals surface area contributed by atoms with Crippen LogP contribution in [0.25, 0.3) is 0 Å². The summed E-state index contributed by atoms with van der Waals surface area (Å²) in [5, 5.41) is 0. The maximum absolute atomic E-state index is 12.3. The summed E-state index contributed by atoms with van der Waals surface area (Å²) in [6.45, 7) is 4.92. The Bertz CT molecular complexity index is 494. The molecule has 3 rings (SSSR count). The Labute approximate surface area is 133 Å². The zero-order valence-corrected chi connectivity index (χ0v) is 13.8. The van der Waals surface area contributed by atoms with Gasteiger partial charge < -0.3 is 19.4 Å². The molecule has 21 heavy (non-hydrogen) atoms. The van der Waals surface area contributed by atoms with Gasteiger partial charge in [-0.2, -0.15) is 0 Å². The van der Waals surface area contributed by atoms with E-state index in [1.807, 2.05) is 34.1 Å². The van der Waals surface area contributed by atoms with Gasteiger partial charge in [-0.05, 0) is 31.3 Å². The molecule has 5 nitrogen and oxygen atoms in total. The fraction of sp³-hybridized carbons (Fsp3) is 0.533. The van der Waals surface area contributed by atoms with E-state index in [-0.39, 0.29) is 12.1 Å². The Kier molecular flexibility index (Phi) is 4.35. The van der Waals surface area contributed by atoms with Crippen molar-refractivity contribution in [3.8, 4) is 5.75 Å². The monoisotopic (exact) mass is 353 g/mol. The lowest BCUT2D eigenvalue weighted by Gasteiger charge is -2.43. The molecule has 2 saturated heterocycles. The van der Waals surface area contributed by atoms with Crippen molar-refractivity contribution in [2.75, 3.05) is 46.3 Å². The van der Waals surface area contributed by atoms with Gasteiger partial charge in [-0.15, -0.1) is 0 Å². The van der Waals surface area contributed by atoms with Crippen molar-refractivity contribution in [1.29, 1.82) is 0 Å². The molecule has 114 valence electrons. The molecule has 0 saturated carbocycles. The number of amides is 2. The first-order valence-electron chi connectivity index (χ1n) is 7.26. The van der Waals surface area contributed by atoms with E-state index in [4.69, 9.17) is 4.74 Å². The third-order valence-corrected chi connectivity index (χ3v) is 4.54. The van der Waals surface area contributed by atoms with Crippen molar-refractivity contribution in [2.45, 2.75) is 6.10 Å². The maximum Gasteiger partial charge on any atom is 0.320 e. The van der Waals surface area contributed by atoms with Crippen molar-refractivity contribution in [3.63, 3.8) is 0 Å². The Balaban J connectivity index is 1.45. The lowest BCUT2D eigenvalue weighted by Crippen LogP contribution is -2.61. The molecule has 2 heterocycles. The fourth-order valence-electron chi connectivity index (χ4n) is 2.57. The number of urea groups is 1. The van der Waals surface area contributed by atoms with Crippen molar-refractivity contribution in [2.24, 2.45) is 0 Å². The van der Waals surface area contributed by atoms with Crippen LogP contribution in [-0.4, -0.2) is 73.2 Å². The maximum atomic E-state index is 12.3. The minimum Gasteiger partial charge on any atom is -0.487 e. The smallest absolute Gasteiger partial charge is 0.320 e. The van der Waals surface area contributed by atoms with Gasteiger partial charge in [-0.25, -0.2) is 4.79 Å². The average Bonchev–Trinajstić information content (AvgIpc) is 2.44. The second kappa shape index (κ2) is 6.23. The number of hydrogen-bond donors (Lipinski definition) is 0. The summed E-state index contributed by atoms with van der Waals surface area (Å²) in [5.74, 6) is 0.856. The van der Waals surface area contributed by atoms with E-state index in [0.717, 1.165) is 36.4 Å². The van der Waals surface area contributed by atoms with Gasteiger partial charge in [-0.3, -0.25) is 0 Å². The van der Waals surface area contributed by atoms with E-state index in [1.54, 1.807) is 0 Å². The first-order chi connectivity index (χ1) is 10.1. The van der Waals surface area contributed by atoms with Gasteiger partial charge in [0, 0.05) is 30.7 Å². The number of piperazine rings is 1. The van der Waals surface area contributed by atoms with Crippen LogP contribution in [0.4, 0.5) is 4.79 Å². The number of benzene rings is 1. The topological polar surface area (TPSA) is 36.0 Å². The summed E-state index contributed by atoms with van der Waals surface area (Å²) in [5.41, 5.74) is 0. The molecule has 6 heteroatoms. The molecular formula is C15H20BrN3O2. The zero-order valence-electron chi connectivity index (χ0n) is 12.2. The molecule has 2 amide bonds. The van der Waals surface area contributed by atoms with Gasteiger partial charge in [-0.1, -0.05) is 15.9 Å². The van der Waals surface area contributed by atoms with E-state index in [9.17, 15) is 4.79 Å². The molecule has 0 bridgehead atoms. The number of rotatable bonds is 2. The van der Waals surface area contributed by atoms with Crippen LogP contribution in [0.2, 0.25) is 0 Å². The number of likely N-dealkylation sites (tertiary alicyclic amines) is 1. The quantitative estimate of drug-likeness (QED) is 0.814. The standard InChI is InChI=1S/C15H20BrN3O2/c1-17-6-8-18(9-7-17)15(20)19-10-14(11-19)21-13-4-2-12(16)3-5-13/h2-5,14H,6-11H2,1H3. The lowest BCUT2D eigenvalue weighted by atomic mass is 10.1. The van der Waals surface area contributed by atoms with Crippen LogP contribution in [0, 0.1) is 0 Å². The third-order valence-electron chi connectivity index (χ3n) is 4.01. The molecule has 2 aliphatic rings. The average molecular weight is 354 g/mol. The second-order valence-corrected chi connectivity index (χ2v) is 6.59. The van der Waals surface area contributed by atoms with Gasteiger partial charge in [0.1, 0.15) is 11.9 Å².